The topological polar surface area (TPSA) is 55.4 Å². The predicted octanol–water partition coefficient (Wildman–Crippen LogP) is 4.42. The summed E-state index contributed by atoms with van der Waals surface area (Å²) in [4.78, 5) is 26.3. The Hall–Kier alpha value is -2.67. The first-order chi connectivity index (χ1) is 13.3. The first kappa shape index (κ1) is 18.7. The monoisotopic (exact) mass is 389 g/mol. The molecule has 0 radical (unpaired) electrons. The number of alkyl halides is 3. The van der Waals surface area contributed by atoms with Gasteiger partial charge in [0.25, 0.3) is 0 Å². The number of rotatable bonds is 2. The van der Waals surface area contributed by atoms with Crippen LogP contribution < -0.4 is 5.32 Å². The van der Waals surface area contributed by atoms with Crippen LogP contribution in [0.3, 0.4) is 0 Å². The number of carbonyl (C=O) groups excluding carboxylic acids is 2. The quantitative estimate of drug-likeness (QED) is 0.773. The van der Waals surface area contributed by atoms with Crippen LogP contribution in [0.4, 0.5) is 18.9 Å². The maximum absolute atomic E-state index is 13.3. The average molecular weight is 389 g/mol. The Balaban J connectivity index is 1.75. The molecule has 2 aromatic rings. The van der Waals surface area contributed by atoms with Crippen LogP contribution in [-0.4, -0.2) is 24.8 Å². The van der Waals surface area contributed by atoms with E-state index in [0.29, 0.717) is 16.8 Å². The number of Topliss-reactive ketones (excluding diaryl/α,β-unsaturated/α-hetero) is 2. The first-order valence-electron chi connectivity index (χ1n) is 9.02. The zero-order valence-electron chi connectivity index (χ0n) is 14.9. The molecule has 7 heteroatoms. The molecule has 28 heavy (non-hydrogen) atoms. The fourth-order valence-corrected chi connectivity index (χ4v) is 4.12. The van der Waals surface area contributed by atoms with Crippen molar-refractivity contribution in [1.82, 2.24) is 0 Å². The van der Waals surface area contributed by atoms with Crippen molar-refractivity contribution in [2.45, 2.75) is 25.1 Å². The predicted molar refractivity (Wildman–Crippen MR) is 96.1 cm³/mol. The number of benzene rings is 2. The van der Waals surface area contributed by atoms with Gasteiger partial charge >= 0.3 is 6.18 Å². The third kappa shape index (κ3) is 2.90. The molecule has 1 N–H and O–H groups in total. The van der Waals surface area contributed by atoms with E-state index >= 15 is 0 Å². The lowest BCUT2D eigenvalue weighted by molar-refractivity contribution is -0.137. The lowest BCUT2D eigenvalue weighted by Gasteiger charge is -2.32. The molecule has 1 saturated heterocycles. The molecule has 2 atom stereocenters. The molecule has 1 heterocycles. The van der Waals surface area contributed by atoms with E-state index in [-0.39, 0.29) is 37.6 Å². The van der Waals surface area contributed by atoms with Crippen LogP contribution in [0.25, 0.3) is 0 Å². The number of ketones is 2. The Labute approximate surface area is 159 Å². The van der Waals surface area contributed by atoms with Crippen LogP contribution in [0.1, 0.15) is 40.4 Å². The molecule has 0 amide bonds. The number of nitrogens with one attached hydrogen (secondary N) is 1. The normalized spacial score (nSPS) is 24.9. The zero-order valence-corrected chi connectivity index (χ0v) is 14.9. The summed E-state index contributed by atoms with van der Waals surface area (Å²) in [5.74, 6) is -0.446. The van der Waals surface area contributed by atoms with Gasteiger partial charge in [-0.25, -0.2) is 0 Å². The lowest BCUT2D eigenvalue weighted by Crippen LogP contribution is -2.42. The van der Waals surface area contributed by atoms with E-state index in [1.165, 1.54) is 12.1 Å². The van der Waals surface area contributed by atoms with Gasteiger partial charge in [0.15, 0.2) is 11.6 Å². The summed E-state index contributed by atoms with van der Waals surface area (Å²) in [6.07, 6.45) is -4.06. The Morgan fingerprint density at radius 2 is 1.71 bits per heavy atom. The summed E-state index contributed by atoms with van der Waals surface area (Å²) in [7, 11) is 0. The van der Waals surface area contributed by atoms with E-state index in [1.807, 2.05) is 0 Å². The molecule has 0 bridgehead atoms. The Morgan fingerprint density at radius 3 is 2.43 bits per heavy atom. The number of hydrogen-bond donors (Lipinski definition) is 1. The van der Waals surface area contributed by atoms with E-state index in [9.17, 15) is 22.8 Å². The summed E-state index contributed by atoms with van der Waals surface area (Å²) in [6.45, 7) is 0.536. The summed E-state index contributed by atoms with van der Waals surface area (Å²) < 4.78 is 43.9. The third-order valence-corrected chi connectivity index (χ3v) is 5.55. The van der Waals surface area contributed by atoms with Gasteiger partial charge in [-0.15, -0.1) is 0 Å². The van der Waals surface area contributed by atoms with Crippen molar-refractivity contribution in [3.05, 3.63) is 65.2 Å². The van der Waals surface area contributed by atoms with Gasteiger partial charge in [0, 0.05) is 24.3 Å². The number of ether oxygens (including phenoxy) is 1. The summed E-state index contributed by atoms with van der Waals surface area (Å²) >= 11 is 0. The molecule has 146 valence electrons. The highest BCUT2D eigenvalue weighted by Gasteiger charge is 2.57. The van der Waals surface area contributed by atoms with E-state index in [4.69, 9.17) is 4.74 Å². The first-order valence-corrected chi connectivity index (χ1v) is 9.02. The van der Waals surface area contributed by atoms with E-state index in [0.717, 1.165) is 12.1 Å². The molecule has 4 rings (SSSR count). The molecule has 0 aromatic heterocycles. The second-order valence-corrected chi connectivity index (χ2v) is 7.08. The summed E-state index contributed by atoms with van der Waals surface area (Å²) in [5.41, 5.74) is -0.484. The molecular formula is C21H18F3NO3. The Morgan fingerprint density at radius 1 is 1.00 bits per heavy atom. The van der Waals surface area contributed by atoms with Crippen molar-refractivity contribution in [2.75, 3.05) is 18.5 Å². The third-order valence-electron chi connectivity index (χ3n) is 5.55. The summed E-state index contributed by atoms with van der Waals surface area (Å²) in [6, 6.07) is 10.9. The number of hydrogen-bond acceptors (Lipinski definition) is 4. The van der Waals surface area contributed by atoms with Crippen molar-refractivity contribution < 1.29 is 27.5 Å². The molecule has 0 saturated carbocycles. The molecule has 4 nitrogen and oxygen atoms in total. The minimum absolute atomic E-state index is 0.130. The van der Waals surface area contributed by atoms with Gasteiger partial charge in [0.1, 0.15) is 5.41 Å². The van der Waals surface area contributed by atoms with Crippen molar-refractivity contribution in [1.29, 1.82) is 0 Å². The molecule has 1 fully saturated rings. The minimum Gasteiger partial charge on any atom is -0.381 e. The lowest BCUT2D eigenvalue weighted by atomic mass is 9.72. The van der Waals surface area contributed by atoms with Crippen LogP contribution in [0.2, 0.25) is 0 Å². The maximum atomic E-state index is 13.3. The Bertz CT molecular complexity index is 923. The van der Waals surface area contributed by atoms with Crippen molar-refractivity contribution >= 4 is 17.3 Å². The van der Waals surface area contributed by atoms with Gasteiger partial charge in [-0.3, -0.25) is 9.59 Å². The maximum Gasteiger partial charge on any atom is 0.416 e. The summed E-state index contributed by atoms with van der Waals surface area (Å²) in [5, 5.41) is 3.16. The molecule has 1 spiro atoms. The standard InChI is InChI=1S/C21H18F3NO3/c22-21(23,24)13-5-7-14(8-6-13)25-18-15-3-1-2-4-16(15)19(27)20(18)10-12-28-11-9-17(20)26/h1-8,18,25H,9-12H2/t18-,20-/m1/s1. The van der Waals surface area contributed by atoms with Crippen LogP contribution in [0.15, 0.2) is 48.5 Å². The van der Waals surface area contributed by atoms with Gasteiger partial charge in [-0.2, -0.15) is 13.2 Å². The average Bonchev–Trinajstić information content (AvgIpc) is 2.79. The molecular weight excluding hydrogens is 371 g/mol. The number of fused-ring (bicyclic) bond motifs is 1. The van der Waals surface area contributed by atoms with Crippen LogP contribution in [-0.2, 0) is 15.7 Å². The number of carbonyl (C=O) groups is 2. The highest BCUT2D eigenvalue weighted by atomic mass is 19.4. The zero-order chi connectivity index (χ0) is 19.9. The van der Waals surface area contributed by atoms with Gasteiger partial charge in [0.2, 0.25) is 0 Å². The highest BCUT2D eigenvalue weighted by Crippen LogP contribution is 2.51. The number of anilines is 1. The molecule has 2 aliphatic rings. The van der Waals surface area contributed by atoms with E-state index in [1.54, 1.807) is 24.3 Å². The van der Waals surface area contributed by atoms with E-state index in [2.05, 4.69) is 5.32 Å². The molecule has 2 aromatic carbocycles. The van der Waals surface area contributed by atoms with Crippen molar-refractivity contribution in [3.8, 4) is 0 Å². The second-order valence-electron chi connectivity index (χ2n) is 7.08. The SMILES string of the molecule is O=C1CCOCC[C@@]12C(=O)c1ccccc1[C@H]2Nc1ccc(C(F)(F)F)cc1. The fraction of sp³-hybridized carbons (Fsp3) is 0.333. The van der Waals surface area contributed by atoms with Gasteiger partial charge in [-0.05, 0) is 36.2 Å². The fourth-order valence-electron chi connectivity index (χ4n) is 4.12. The largest absolute Gasteiger partial charge is 0.416 e. The highest BCUT2D eigenvalue weighted by molar-refractivity contribution is 6.19. The smallest absolute Gasteiger partial charge is 0.381 e. The number of halogens is 3. The molecule has 0 unspecified atom stereocenters. The second kappa shape index (κ2) is 6.74. The van der Waals surface area contributed by atoms with E-state index < -0.39 is 23.2 Å². The molecule has 1 aliphatic carbocycles. The van der Waals surface area contributed by atoms with Gasteiger partial charge in [-0.1, -0.05) is 24.3 Å². The Kier molecular flexibility index (Phi) is 4.50. The van der Waals surface area contributed by atoms with Gasteiger partial charge < -0.3 is 10.1 Å². The van der Waals surface area contributed by atoms with Crippen molar-refractivity contribution in [3.63, 3.8) is 0 Å². The van der Waals surface area contributed by atoms with Crippen LogP contribution in [0, 0.1) is 5.41 Å². The molecule has 1 aliphatic heterocycles. The van der Waals surface area contributed by atoms with Crippen molar-refractivity contribution in [2.24, 2.45) is 5.41 Å². The minimum atomic E-state index is -4.43. The van der Waals surface area contributed by atoms with Gasteiger partial charge in [0.05, 0.1) is 18.2 Å². The van der Waals surface area contributed by atoms with Crippen LogP contribution >= 0.6 is 0 Å². The van der Waals surface area contributed by atoms with Crippen LogP contribution in [0.5, 0.6) is 0 Å².